The van der Waals surface area contributed by atoms with Crippen molar-refractivity contribution in [3.05, 3.63) is 95.3 Å². The van der Waals surface area contributed by atoms with Crippen molar-refractivity contribution < 1.29 is 0 Å². The molecular weight excluding hydrogens is 510 g/mol. The summed E-state index contributed by atoms with van der Waals surface area (Å²) in [7, 11) is 0. The Kier molecular flexibility index (Phi) is 9.35. The van der Waals surface area contributed by atoms with Crippen LogP contribution in [0.1, 0.15) is 109 Å². The lowest BCUT2D eigenvalue weighted by Gasteiger charge is -2.28. The van der Waals surface area contributed by atoms with E-state index in [-0.39, 0.29) is 0 Å². The van der Waals surface area contributed by atoms with E-state index in [9.17, 15) is 0 Å². The molecule has 0 amide bonds. The summed E-state index contributed by atoms with van der Waals surface area (Å²) in [6, 6.07) is 24.1. The second-order valence-corrected chi connectivity index (χ2v) is 13.8. The highest BCUT2D eigenvalue weighted by Gasteiger charge is 2.33. The zero-order valence-electron chi connectivity index (χ0n) is 26.5. The normalized spacial score (nSPS) is 18.6. The van der Waals surface area contributed by atoms with E-state index in [4.69, 9.17) is 15.7 Å². The highest BCUT2D eigenvalue weighted by Crippen LogP contribution is 2.45. The first-order valence-corrected chi connectivity index (χ1v) is 16.4. The van der Waals surface area contributed by atoms with Crippen molar-refractivity contribution in [2.45, 2.75) is 110 Å². The van der Waals surface area contributed by atoms with E-state index in [1.54, 1.807) is 0 Å². The number of hydrogen-bond acceptors (Lipinski definition) is 3. The van der Waals surface area contributed by atoms with Gasteiger partial charge in [-0.3, -0.25) is 9.98 Å². The average molecular weight is 562 g/mol. The van der Waals surface area contributed by atoms with Crippen molar-refractivity contribution in [3.8, 4) is 11.3 Å². The van der Waals surface area contributed by atoms with Crippen LogP contribution in [0.25, 0.3) is 11.3 Å². The number of rotatable bonds is 11. The molecule has 0 saturated heterocycles. The Morgan fingerprint density at radius 2 is 1.38 bits per heavy atom. The summed E-state index contributed by atoms with van der Waals surface area (Å²) in [5, 5.41) is 0. The highest BCUT2D eigenvalue weighted by atomic mass is 14.8. The molecule has 1 heterocycles. The Balaban J connectivity index is 1.30. The molecule has 0 aliphatic heterocycles. The van der Waals surface area contributed by atoms with E-state index in [1.807, 2.05) is 12.3 Å². The SMILES string of the molecule is CCC1(Cc2cccc(N=CC=C(N)C(C)(C)c3cccc(-c4cccc(CC5(CC)CCCC5)c4)n3)c2)CCCC1. The van der Waals surface area contributed by atoms with Gasteiger partial charge in [-0.2, -0.15) is 0 Å². The molecular formula is C39H51N3. The Bertz CT molecular complexity index is 1400. The van der Waals surface area contributed by atoms with Gasteiger partial charge < -0.3 is 5.73 Å². The summed E-state index contributed by atoms with van der Waals surface area (Å²) in [6.45, 7) is 9.00. The number of benzene rings is 2. The first-order valence-electron chi connectivity index (χ1n) is 16.4. The van der Waals surface area contributed by atoms with Crippen LogP contribution in [0.2, 0.25) is 0 Å². The summed E-state index contributed by atoms with van der Waals surface area (Å²) in [4.78, 5) is 9.89. The number of aromatic nitrogens is 1. The van der Waals surface area contributed by atoms with Crippen LogP contribution in [0, 0.1) is 10.8 Å². The molecule has 3 nitrogen and oxygen atoms in total. The molecule has 2 fully saturated rings. The predicted molar refractivity (Wildman–Crippen MR) is 179 cm³/mol. The molecule has 42 heavy (non-hydrogen) atoms. The molecule has 2 aliphatic carbocycles. The van der Waals surface area contributed by atoms with E-state index in [2.05, 4.69) is 94.4 Å². The average Bonchev–Trinajstić information content (AvgIpc) is 3.68. The second-order valence-electron chi connectivity index (χ2n) is 13.8. The Hall–Kier alpha value is -3.20. The van der Waals surface area contributed by atoms with Gasteiger partial charge in [0.05, 0.1) is 17.1 Å². The number of nitrogens with zero attached hydrogens (tertiary/aromatic N) is 2. The zero-order valence-corrected chi connectivity index (χ0v) is 26.5. The summed E-state index contributed by atoms with van der Waals surface area (Å²) in [6.07, 6.45) is 19.5. The molecule has 0 unspecified atom stereocenters. The minimum atomic E-state index is -0.423. The Morgan fingerprint density at radius 3 is 2.00 bits per heavy atom. The molecule has 2 N–H and O–H groups in total. The summed E-state index contributed by atoms with van der Waals surface area (Å²) in [5.74, 6) is 0. The molecule has 2 aliphatic rings. The molecule has 0 atom stereocenters. The minimum absolute atomic E-state index is 0.423. The maximum absolute atomic E-state index is 6.69. The van der Waals surface area contributed by atoms with Crippen LogP contribution in [0.3, 0.4) is 0 Å². The van der Waals surface area contributed by atoms with E-state index >= 15 is 0 Å². The fourth-order valence-electron chi connectivity index (χ4n) is 7.52. The first-order chi connectivity index (χ1) is 20.3. The van der Waals surface area contributed by atoms with Gasteiger partial charge in [-0.15, -0.1) is 0 Å². The number of hydrogen-bond donors (Lipinski definition) is 1. The maximum atomic E-state index is 6.69. The largest absolute Gasteiger partial charge is 0.401 e. The second kappa shape index (κ2) is 13.0. The van der Waals surface area contributed by atoms with Gasteiger partial charge in [-0.25, -0.2) is 0 Å². The third-order valence-electron chi connectivity index (χ3n) is 10.7. The number of aliphatic imine (C=N–C) groups is 1. The van der Waals surface area contributed by atoms with Gasteiger partial charge in [0, 0.05) is 22.9 Å². The highest BCUT2D eigenvalue weighted by molar-refractivity contribution is 5.76. The van der Waals surface area contributed by atoms with E-state index < -0.39 is 5.41 Å². The van der Waals surface area contributed by atoms with E-state index in [0.29, 0.717) is 10.8 Å². The van der Waals surface area contributed by atoms with E-state index in [0.717, 1.165) is 29.2 Å². The van der Waals surface area contributed by atoms with Gasteiger partial charge in [0.25, 0.3) is 0 Å². The molecule has 5 rings (SSSR count). The van der Waals surface area contributed by atoms with Crippen molar-refractivity contribution >= 4 is 11.9 Å². The number of pyridine rings is 1. The molecule has 2 saturated carbocycles. The molecule has 2 aromatic carbocycles. The monoisotopic (exact) mass is 561 g/mol. The standard InChI is InChI=1S/C39H51N3/c1-5-38(21-7-8-22-38)28-30-14-11-16-32(26-30)34-18-13-19-36(42-34)37(3,4)35(40)20-25-41-33-17-12-15-31(27-33)29-39(6-2)23-9-10-24-39/h11-20,25-27H,5-10,21-24,28-29,40H2,1-4H3. The Labute approximate surface area is 254 Å². The lowest BCUT2D eigenvalue weighted by atomic mass is 9.77. The number of allylic oxidation sites excluding steroid dienone is 2. The van der Waals surface area contributed by atoms with Gasteiger partial charge in [0.15, 0.2) is 0 Å². The van der Waals surface area contributed by atoms with Gasteiger partial charge in [-0.05, 0) is 111 Å². The lowest BCUT2D eigenvalue weighted by molar-refractivity contribution is 0.282. The van der Waals surface area contributed by atoms with Crippen LogP contribution in [0.15, 0.2) is 83.5 Å². The summed E-state index contributed by atoms with van der Waals surface area (Å²) < 4.78 is 0. The topological polar surface area (TPSA) is 51.3 Å². The van der Waals surface area contributed by atoms with Crippen molar-refractivity contribution in [3.63, 3.8) is 0 Å². The van der Waals surface area contributed by atoms with Crippen molar-refractivity contribution in [2.24, 2.45) is 21.6 Å². The van der Waals surface area contributed by atoms with Gasteiger partial charge in [0.2, 0.25) is 0 Å². The fourth-order valence-corrected chi connectivity index (χ4v) is 7.52. The van der Waals surface area contributed by atoms with Crippen LogP contribution in [-0.2, 0) is 18.3 Å². The molecule has 222 valence electrons. The van der Waals surface area contributed by atoms with E-state index in [1.165, 1.54) is 87.3 Å². The molecule has 3 aromatic rings. The fraction of sp³-hybridized carbons (Fsp3) is 0.487. The molecule has 0 bridgehead atoms. The third kappa shape index (κ3) is 6.88. The van der Waals surface area contributed by atoms with Crippen LogP contribution in [0.5, 0.6) is 0 Å². The van der Waals surface area contributed by atoms with Crippen molar-refractivity contribution in [1.82, 2.24) is 4.98 Å². The summed E-state index contributed by atoms with van der Waals surface area (Å²) >= 11 is 0. The van der Waals surface area contributed by atoms with Gasteiger partial charge >= 0.3 is 0 Å². The third-order valence-corrected chi connectivity index (χ3v) is 10.7. The molecule has 1 aromatic heterocycles. The molecule has 0 radical (unpaired) electrons. The van der Waals surface area contributed by atoms with Gasteiger partial charge in [-0.1, -0.05) is 88.8 Å². The van der Waals surface area contributed by atoms with Crippen LogP contribution < -0.4 is 5.73 Å². The van der Waals surface area contributed by atoms with Crippen LogP contribution in [-0.4, -0.2) is 11.2 Å². The van der Waals surface area contributed by atoms with Crippen LogP contribution >= 0.6 is 0 Å². The van der Waals surface area contributed by atoms with Gasteiger partial charge in [0.1, 0.15) is 0 Å². The van der Waals surface area contributed by atoms with Crippen molar-refractivity contribution in [1.29, 1.82) is 0 Å². The van der Waals surface area contributed by atoms with Crippen molar-refractivity contribution in [2.75, 3.05) is 0 Å². The zero-order chi connectivity index (χ0) is 29.6. The quantitative estimate of drug-likeness (QED) is 0.237. The lowest BCUT2D eigenvalue weighted by Crippen LogP contribution is -2.27. The molecule has 0 spiro atoms. The number of nitrogens with two attached hydrogens (primary N) is 1. The minimum Gasteiger partial charge on any atom is -0.401 e. The van der Waals surface area contributed by atoms with Crippen LogP contribution in [0.4, 0.5) is 5.69 Å². The Morgan fingerprint density at radius 1 is 0.810 bits per heavy atom. The smallest absolute Gasteiger partial charge is 0.0705 e. The predicted octanol–water partition coefficient (Wildman–Crippen LogP) is 10.3. The molecule has 3 heteroatoms. The first kappa shape index (κ1) is 30.3. The maximum Gasteiger partial charge on any atom is 0.0705 e. The summed E-state index contributed by atoms with van der Waals surface area (Å²) in [5.41, 5.74) is 14.9.